The molecule has 1 atom stereocenters. The zero-order chi connectivity index (χ0) is 18.5. The molecule has 0 bridgehead atoms. The summed E-state index contributed by atoms with van der Waals surface area (Å²) in [5.41, 5.74) is 1.06. The maximum Gasteiger partial charge on any atom is 0.428 e. The molecule has 0 aliphatic heterocycles. The number of halogens is 3. The predicted octanol–water partition coefficient (Wildman–Crippen LogP) is 0.971. The minimum absolute atomic E-state index is 0.0178. The topological polar surface area (TPSA) is 119 Å². The van der Waals surface area contributed by atoms with Crippen LogP contribution in [0.5, 0.6) is 0 Å². The number of aliphatic hydroxyl groups is 1. The summed E-state index contributed by atoms with van der Waals surface area (Å²) in [5, 5.41) is 11.7. The number of anilines is 1. The first-order valence-electron chi connectivity index (χ1n) is 6.67. The van der Waals surface area contributed by atoms with Gasteiger partial charge in [0, 0.05) is 11.3 Å². The van der Waals surface area contributed by atoms with Gasteiger partial charge in [-0.05, 0) is 25.1 Å². The number of hydrogen-bond donors (Lipinski definition) is 3. The number of rotatable bonds is 6. The summed E-state index contributed by atoms with van der Waals surface area (Å²) in [5.74, 6) is -4.08. The van der Waals surface area contributed by atoms with Crippen molar-refractivity contribution in [2.75, 3.05) is 11.9 Å². The Morgan fingerprint density at radius 3 is 2.42 bits per heavy atom. The van der Waals surface area contributed by atoms with E-state index in [1.165, 1.54) is 25.1 Å². The average molecular weight is 348 g/mol. The van der Waals surface area contributed by atoms with E-state index in [4.69, 9.17) is 5.73 Å². The van der Waals surface area contributed by atoms with E-state index >= 15 is 0 Å². The smallest absolute Gasteiger partial charge is 0.428 e. The van der Waals surface area contributed by atoms with Crippen molar-refractivity contribution in [3.05, 3.63) is 29.8 Å². The number of alkyl halides is 3. The molecule has 0 saturated heterocycles. The Morgan fingerprint density at radius 1 is 1.29 bits per heavy atom. The summed E-state index contributed by atoms with van der Waals surface area (Å²) >= 11 is 0. The van der Waals surface area contributed by atoms with Crippen LogP contribution in [0.4, 0.5) is 18.9 Å². The second-order valence-electron chi connectivity index (χ2n) is 4.75. The van der Waals surface area contributed by atoms with Crippen molar-refractivity contribution in [3.63, 3.8) is 0 Å². The van der Waals surface area contributed by atoms with Crippen molar-refractivity contribution in [1.29, 1.82) is 0 Å². The lowest BCUT2D eigenvalue weighted by Gasteiger charge is -2.27. The molecule has 0 saturated carbocycles. The van der Waals surface area contributed by atoms with E-state index in [2.05, 4.69) is 4.74 Å². The average Bonchev–Trinajstić information content (AvgIpc) is 2.46. The van der Waals surface area contributed by atoms with E-state index in [0.717, 1.165) is 6.07 Å². The fourth-order valence-electron chi connectivity index (χ4n) is 1.73. The number of nitrogens with one attached hydrogen (secondary N) is 1. The summed E-state index contributed by atoms with van der Waals surface area (Å²) in [6, 6.07) is 5.11. The van der Waals surface area contributed by atoms with Gasteiger partial charge in [-0.3, -0.25) is 9.59 Å². The largest absolute Gasteiger partial charge is 0.464 e. The minimum atomic E-state index is -5.41. The molecule has 10 heteroatoms. The number of benzene rings is 1. The zero-order valence-electron chi connectivity index (χ0n) is 12.5. The van der Waals surface area contributed by atoms with Gasteiger partial charge in [0.25, 0.3) is 5.60 Å². The molecular weight excluding hydrogens is 333 g/mol. The Bertz CT molecular complexity index is 648. The third-order valence-electron chi connectivity index (χ3n) is 2.93. The molecule has 0 aliphatic carbocycles. The van der Waals surface area contributed by atoms with Gasteiger partial charge in [-0.1, -0.05) is 6.07 Å². The van der Waals surface area contributed by atoms with E-state index < -0.39 is 42.6 Å². The number of amides is 2. The van der Waals surface area contributed by atoms with Crippen LogP contribution < -0.4 is 11.1 Å². The van der Waals surface area contributed by atoms with Crippen LogP contribution in [-0.4, -0.2) is 41.3 Å². The molecule has 7 nitrogen and oxygen atoms in total. The molecule has 0 aliphatic rings. The lowest BCUT2D eigenvalue weighted by atomic mass is 9.98. The van der Waals surface area contributed by atoms with Crippen LogP contribution in [0.25, 0.3) is 0 Å². The van der Waals surface area contributed by atoms with E-state index in [9.17, 15) is 32.7 Å². The molecule has 4 N–H and O–H groups in total. The van der Waals surface area contributed by atoms with E-state index in [1.807, 2.05) is 5.32 Å². The molecular formula is C14H15F3N2O5. The lowest BCUT2D eigenvalue weighted by molar-refractivity contribution is -0.262. The van der Waals surface area contributed by atoms with Crippen LogP contribution in [0.3, 0.4) is 0 Å². The Morgan fingerprint density at radius 2 is 1.92 bits per heavy atom. The first-order chi connectivity index (χ1) is 11.0. The molecule has 0 fully saturated rings. The number of ether oxygens (including phenoxy) is 1. The van der Waals surface area contributed by atoms with Gasteiger partial charge in [0.05, 0.1) is 13.0 Å². The predicted molar refractivity (Wildman–Crippen MR) is 75.8 cm³/mol. The second-order valence-corrected chi connectivity index (χ2v) is 4.75. The fourth-order valence-corrected chi connectivity index (χ4v) is 1.73. The van der Waals surface area contributed by atoms with Crippen LogP contribution in [0.15, 0.2) is 24.3 Å². The van der Waals surface area contributed by atoms with E-state index in [1.54, 1.807) is 0 Å². The van der Waals surface area contributed by atoms with Crippen LogP contribution in [-0.2, 0) is 14.3 Å². The van der Waals surface area contributed by atoms with Gasteiger partial charge in [0.1, 0.15) is 0 Å². The molecule has 2 amide bonds. The van der Waals surface area contributed by atoms with Crippen molar-refractivity contribution >= 4 is 23.5 Å². The first kappa shape index (κ1) is 19.4. The summed E-state index contributed by atoms with van der Waals surface area (Å²) < 4.78 is 43.1. The molecule has 24 heavy (non-hydrogen) atoms. The fraction of sp³-hybridized carbons (Fsp3) is 0.357. The Kier molecular flexibility index (Phi) is 5.91. The van der Waals surface area contributed by atoms with Crippen molar-refractivity contribution in [3.8, 4) is 0 Å². The SMILES string of the molecule is CCOC(=O)[C@](O)(CC(=O)Nc1cccc(C(N)=O)c1)C(F)(F)F. The highest BCUT2D eigenvalue weighted by Crippen LogP contribution is 2.34. The van der Waals surface area contributed by atoms with Crippen molar-refractivity contribution < 1.29 is 37.4 Å². The molecule has 0 unspecified atom stereocenters. The van der Waals surface area contributed by atoms with Gasteiger partial charge in [0.15, 0.2) is 0 Å². The van der Waals surface area contributed by atoms with Gasteiger partial charge in [-0.15, -0.1) is 0 Å². The number of esters is 1. The number of primary amides is 1. The van der Waals surface area contributed by atoms with Crippen LogP contribution >= 0.6 is 0 Å². The van der Waals surface area contributed by atoms with Gasteiger partial charge < -0.3 is 20.9 Å². The summed E-state index contributed by atoms with van der Waals surface area (Å²) in [4.78, 5) is 34.2. The number of carbonyl (C=O) groups excluding carboxylic acids is 3. The summed E-state index contributed by atoms with van der Waals surface area (Å²) in [6.07, 6.45) is -7.01. The maximum atomic E-state index is 13.0. The third kappa shape index (κ3) is 4.44. The number of carbonyl (C=O) groups is 3. The molecule has 0 spiro atoms. The monoisotopic (exact) mass is 348 g/mol. The normalized spacial score (nSPS) is 13.7. The molecule has 132 valence electrons. The molecule has 0 radical (unpaired) electrons. The summed E-state index contributed by atoms with van der Waals surface area (Å²) in [6.45, 7) is 0.851. The molecule has 1 aromatic rings. The van der Waals surface area contributed by atoms with Gasteiger partial charge in [0.2, 0.25) is 11.8 Å². The Hall–Kier alpha value is -2.62. The van der Waals surface area contributed by atoms with Crippen molar-refractivity contribution in [1.82, 2.24) is 0 Å². The van der Waals surface area contributed by atoms with Crippen molar-refractivity contribution in [2.24, 2.45) is 5.73 Å². The van der Waals surface area contributed by atoms with E-state index in [-0.39, 0.29) is 11.3 Å². The standard InChI is InChI=1S/C14H15F3N2O5/c1-2-24-12(22)13(23,14(15,16)17)7-10(20)19-9-5-3-4-8(6-9)11(18)21/h3-6,23H,2,7H2,1H3,(H2,18,21)(H,19,20)/t13-/m1/s1. The molecule has 1 aromatic carbocycles. The zero-order valence-corrected chi connectivity index (χ0v) is 12.5. The van der Waals surface area contributed by atoms with Crippen LogP contribution in [0.2, 0.25) is 0 Å². The molecule has 0 aromatic heterocycles. The van der Waals surface area contributed by atoms with Gasteiger partial charge >= 0.3 is 12.1 Å². The number of nitrogens with two attached hydrogens (primary N) is 1. The van der Waals surface area contributed by atoms with Gasteiger partial charge in [-0.2, -0.15) is 13.2 Å². The Balaban J connectivity index is 2.96. The minimum Gasteiger partial charge on any atom is -0.464 e. The molecule has 1 rings (SSSR count). The lowest BCUT2D eigenvalue weighted by Crippen LogP contribution is -2.54. The maximum absolute atomic E-state index is 13.0. The van der Waals surface area contributed by atoms with Crippen LogP contribution in [0, 0.1) is 0 Å². The van der Waals surface area contributed by atoms with Gasteiger partial charge in [-0.25, -0.2) is 4.79 Å². The highest BCUT2D eigenvalue weighted by molar-refractivity contribution is 5.98. The molecule has 0 heterocycles. The quantitative estimate of drug-likeness (QED) is 0.662. The van der Waals surface area contributed by atoms with E-state index in [0.29, 0.717) is 0 Å². The Labute approximate surface area is 134 Å². The highest BCUT2D eigenvalue weighted by atomic mass is 19.4. The summed E-state index contributed by atoms with van der Waals surface area (Å²) in [7, 11) is 0. The van der Waals surface area contributed by atoms with Crippen LogP contribution in [0.1, 0.15) is 23.7 Å². The first-order valence-corrected chi connectivity index (χ1v) is 6.67. The second kappa shape index (κ2) is 7.30. The van der Waals surface area contributed by atoms with Crippen molar-refractivity contribution in [2.45, 2.75) is 25.1 Å². The third-order valence-corrected chi connectivity index (χ3v) is 2.93. The highest BCUT2D eigenvalue weighted by Gasteiger charge is 2.61. The number of hydrogen-bond acceptors (Lipinski definition) is 5.